The van der Waals surface area contributed by atoms with Crippen LogP contribution < -0.4 is 15.0 Å². The predicted molar refractivity (Wildman–Crippen MR) is 111 cm³/mol. The van der Waals surface area contributed by atoms with Crippen molar-refractivity contribution in [1.29, 1.82) is 0 Å². The molecule has 162 valence electrons. The average Bonchev–Trinajstić information content (AvgIpc) is 3.46. The van der Waals surface area contributed by atoms with Crippen LogP contribution in [-0.4, -0.2) is 37.4 Å². The fourth-order valence-corrected chi connectivity index (χ4v) is 4.55. The van der Waals surface area contributed by atoms with E-state index in [1.54, 1.807) is 24.7 Å². The summed E-state index contributed by atoms with van der Waals surface area (Å²) in [6, 6.07) is 6.78. The summed E-state index contributed by atoms with van der Waals surface area (Å²) in [5.41, 5.74) is 1.55. The monoisotopic (exact) mass is 427 g/mol. The van der Waals surface area contributed by atoms with E-state index in [1.807, 2.05) is 4.57 Å². The molecule has 8 nitrogen and oxygen atoms in total. The lowest BCUT2D eigenvalue weighted by atomic mass is 10.0. The van der Waals surface area contributed by atoms with Crippen molar-refractivity contribution in [2.45, 2.75) is 57.7 Å². The van der Waals surface area contributed by atoms with Crippen molar-refractivity contribution >= 4 is 17.5 Å². The molecular weight excluding hydrogens is 404 g/mol. The smallest absolute Gasteiger partial charge is 0.387 e. The SMILES string of the molecule is CC[C@@H]1c2nncn2-c2cnc(Nc3ccc(OC(F)F)cc3)nc2N1C1CCCC1. The summed E-state index contributed by atoms with van der Waals surface area (Å²) in [6.07, 6.45) is 9.06. The van der Waals surface area contributed by atoms with Gasteiger partial charge in [0.1, 0.15) is 17.8 Å². The van der Waals surface area contributed by atoms with Crippen LogP contribution in [0.5, 0.6) is 5.75 Å². The molecule has 2 aliphatic rings. The molecule has 5 rings (SSSR count). The second-order valence-corrected chi connectivity index (χ2v) is 7.76. The normalized spacial score (nSPS) is 18.2. The Balaban J connectivity index is 1.48. The third-order valence-electron chi connectivity index (χ3n) is 5.90. The fourth-order valence-electron chi connectivity index (χ4n) is 4.55. The molecule has 1 aliphatic carbocycles. The van der Waals surface area contributed by atoms with Gasteiger partial charge in [-0.1, -0.05) is 19.8 Å². The highest BCUT2D eigenvalue weighted by molar-refractivity contribution is 5.65. The Kier molecular flexibility index (Phi) is 5.13. The number of nitrogens with one attached hydrogen (secondary N) is 1. The zero-order valence-corrected chi connectivity index (χ0v) is 17.1. The summed E-state index contributed by atoms with van der Waals surface area (Å²) in [5, 5.41) is 11.7. The van der Waals surface area contributed by atoms with E-state index < -0.39 is 6.61 Å². The van der Waals surface area contributed by atoms with Crippen LogP contribution in [0.3, 0.4) is 0 Å². The van der Waals surface area contributed by atoms with Crippen molar-refractivity contribution in [3.8, 4) is 11.4 Å². The Morgan fingerprint density at radius 1 is 1.19 bits per heavy atom. The first-order valence-corrected chi connectivity index (χ1v) is 10.5. The number of rotatable bonds is 6. The summed E-state index contributed by atoms with van der Waals surface area (Å²) in [6.45, 7) is -0.696. The van der Waals surface area contributed by atoms with Crippen molar-refractivity contribution < 1.29 is 13.5 Å². The topological polar surface area (TPSA) is 81.0 Å². The van der Waals surface area contributed by atoms with Gasteiger partial charge in [-0.25, -0.2) is 4.98 Å². The molecule has 0 spiro atoms. The van der Waals surface area contributed by atoms with Gasteiger partial charge in [0.2, 0.25) is 5.95 Å². The molecule has 3 aromatic rings. The van der Waals surface area contributed by atoms with Crippen molar-refractivity contribution in [1.82, 2.24) is 24.7 Å². The number of ether oxygens (including phenoxy) is 1. The quantitative estimate of drug-likeness (QED) is 0.615. The molecule has 3 heterocycles. The van der Waals surface area contributed by atoms with Crippen molar-refractivity contribution in [3.05, 3.63) is 42.6 Å². The van der Waals surface area contributed by atoms with Crippen LogP contribution in [0.4, 0.5) is 26.2 Å². The second kappa shape index (κ2) is 8.09. The molecule has 1 aromatic carbocycles. The van der Waals surface area contributed by atoms with E-state index in [4.69, 9.17) is 4.98 Å². The maximum atomic E-state index is 12.4. The number of nitrogens with zero attached hydrogens (tertiary/aromatic N) is 6. The lowest BCUT2D eigenvalue weighted by Crippen LogP contribution is -2.42. The Morgan fingerprint density at radius 2 is 1.97 bits per heavy atom. The van der Waals surface area contributed by atoms with Gasteiger partial charge in [0.15, 0.2) is 11.6 Å². The number of benzene rings is 1. The maximum Gasteiger partial charge on any atom is 0.387 e. The Morgan fingerprint density at radius 3 is 2.68 bits per heavy atom. The molecule has 31 heavy (non-hydrogen) atoms. The van der Waals surface area contributed by atoms with Crippen LogP contribution in [0.1, 0.15) is 50.9 Å². The van der Waals surface area contributed by atoms with Gasteiger partial charge in [-0.05, 0) is 43.5 Å². The number of aromatic nitrogens is 5. The van der Waals surface area contributed by atoms with Gasteiger partial charge in [0.05, 0.1) is 12.2 Å². The maximum absolute atomic E-state index is 12.4. The lowest BCUT2D eigenvalue weighted by molar-refractivity contribution is -0.0498. The van der Waals surface area contributed by atoms with E-state index in [-0.39, 0.29) is 11.8 Å². The Hall–Kier alpha value is -3.30. The number of hydrogen-bond donors (Lipinski definition) is 1. The molecular formula is C21H23F2N7O. The molecule has 0 bridgehead atoms. The van der Waals surface area contributed by atoms with Crippen LogP contribution in [0.25, 0.3) is 5.69 Å². The number of anilines is 3. The van der Waals surface area contributed by atoms with E-state index >= 15 is 0 Å². The van der Waals surface area contributed by atoms with E-state index in [1.165, 1.54) is 25.0 Å². The molecule has 1 aliphatic heterocycles. The largest absolute Gasteiger partial charge is 0.435 e. The predicted octanol–water partition coefficient (Wildman–Crippen LogP) is 4.62. The van der Waals surface area contributed by atoms with Crippen LogP contribution in [0.15, 0.2) is 36.8 Å². The summed E-state index contributed by atoms with van der Waals surface area (Å²) in [4.78, 5) is 11.7. The first-order valence-electron chi connectivity index (χ1n) is 10.5. The Labute approximate surface area is 178 Å². The lowest BCUT2D eigenvalue weighted by Gasteiger charge is -2.40. The molecule has 2 aromatic heterocycles. The molecule has 0 unspecified atom stereocenters. The molecule has 1 N–H and O–H groups in total. The molecule has 1 atom stereocenters. The van der Waals surface area contributed by atoms with E-state index in [0.717, 1.165) is 36.6 Å². The van der Waals surface area contributed by atoms with Gasteiger partial charge < -0.3 is 15.0 Å². The van der Waals surface area contributed by atoms with Crippen molar-refractivity contribution in [3.63, 3.8) is 0 Å². The third kappa shape index (κ3) is 3.66. The second-order valence-electron chi connectivity index (χ2n) is 7.76. The van der Waals surface area contributed by atoms with Gasteiger partial charge in [-0.3, -0.25) is 4.57 Å². The van der Waals surface area contributed by atoms with Crippen LogP contribution in [-0.2, 0) is 0 Å². The minimum Gasteiger partial charge on any atom is -0.435 e. The molecule has 0 saturated heterocycles. The molecule has 1 saturated carbocycles. The first kappa shape index (κ1) is 19.7. The zero-order valence-electron chi connectivity index (χ0n) is 17.1. The summed E-state index contributed by atoms with van der Waals surface area (Å²) in [5.74, 6) is 2.32. The molecule has 0 amide bonds. The van der Waals surface area contributed by atoms with Crippen molar-refractivity contribution in [2.24, 2.45) is 0 Å². The standard InChI is InChI=1S/C21H23F2N7O/c1-2-16-19-28-25-12-29(19)17-11-24-21(27-18(17)30(16)14-5-3-4-6-14)26-13-7-9-15(10-8-13)31-20(22)23/h7-12,14,16,20H,2-6H2,1H3,(H,24,26,27)/t16-/m1/s1. The highest BCUT2D eigenvalue weighted by Gasteiger charge is 2.38. The molecule has 1 fully saturated rings. The van der Waals surface area contributed by atoms with Gasteiger partial charge >= 0.3 is 6.61 Å². The molecule has 10 heteroatoms. The molecule has 0 radical (unpaired) electrons. The van der Waals surface area contributed by atoms with E-state index in [0.29, 0.717) is 17.7 Å². The summed E-state index contributed by atoms with van der Waals surface area (Å²) >= 11 is 0. The Bertz CT molecular complexity index is 1050. The van der Waals surface area contributed by atoms with E-state index in [2.05, 4.69) is 37.1 Å². The van der Waals surface area contributed by atoms with Crippen LogP contribution in [0.2, 0.25) is 0 Å². The summed E-state index contributed by atoms with van der Waals surface area (Å²) in [7, 11) is 0. The van der Waals surface area contributed by atoms with Crippen LogP contribution >= 0.6 is 0 Å². The van der Waals surface area contributed by atoms with Gasteiger partial charge in [-0.15, -0.1) is 10.2 Å². The highest BCUT2D eigenvalue weighted by Crippen LogP contribution is 2.42. The number of fused-ring (bicyclic) bond motifs is 3. The number of halogens is 2. The van der Waals surface area contributed by atoms with Gasteiger partial charge in [-0.2, -0.15) is 13.8 Å². The number of alkyl halides is 2. The van der Waals surface area contributed by atoms with Gasteiger partial charge in [0.25, 0.3) is 0 Å². The highest BCUT2D eigenvalue weighted by atomic mass is 19.3. The minimum absolute atomic E-state index is 0.102. The third-order valence-corrected chi connectivity index (χ3v) is 5.90. The van der Waals surface area contributed by atoms with Crippen molar-refractivity contribution in [2.75, 3.05) is 10.2 Å². The number of hydrogen-bond acceptors (Lipinski definition) is 7. The van der Waals surface area contributed by atoms with E-state index in [9.17, 15) is 8.78 Å². The average molecular weight is 427 g/mol. The first-order chi connectivity index (χ1) is 15.1. The fraction of sp³-hybridized carbons (Fsp3) is 0.429. The zero-order chi connectivity index (χ0) is 21.4. The van der Waals surface area contributed by atoms with Crippen LogP contribution in [0, 0.1) is 0 Å². The van der Waals surface area contributed by atoms with Gasteiger partial charge in [0, 0.05) is 11.7 Å². The minimum atomic E-state index is -2.85. The summed E-state index contributed by atoms with van der Waals surface area (Å²) < 4.78 is 31.1.